The van der Waals surface area contributed by atoms with Gasteiger partial charge in [0.05, 0.1) is 16.7 Å². The second-order valence-electron chi connectivity index (χ2n) is 4.14. The summed E-state index contributed by atoms with van der Waals surface area (Å²) in [6.07, 6.45) is 3.25. The van der Waals surface area contributed by atoms with E-state index in [0.29, 0.717) is 12.1 Å². The van der Waals surface area contributed by atoms with Crippen molar-refractivity contribution < 1.29 is 4.79 Å². The molecule has 1 heterocycles. The number of nitrogens with two attached hydrogens (primary N) is 1. The van der Waals surface area contributed by atoms with Crippen molar-refractivity contribution in [1.82, 2.24) is 9.78 Å². The minimum absolute atomic E-state index is 0.0417. The maximum absolute atomic E-state index is 12.1. The lowest BCUT2D eigenvalue weighted by atomic mass is 10.1. The average Bonchev–Trinajstić information content (AvgIpc) is 2.59. The van der Waals surface area contributed by atoms with Gasteiger partial charge >= 0.3 is 0 Å². The highest BCUT2D eigenvalue weighted by atomic mass is 79.9. The summed E-state index contributed by atoms with van der Waals surface area (Å²) in [5.41, 5.74) is 6.42. The van der Waals surface area contributed by atoms with Gasteiger partial charge in [0.1, 0.15) is 5.69 Å². The number of hydrogen-bond acceptors (Lipinski definition) is 3. The van der Waals surface area contributed by atoms with E-state index in [0.717, 1.165) is 10.9 Å². The lowest BCUT2D eigenvalue weighted by molar-refractivity contribution is 0.0943. The highest BCUT2D eigenvalue weighted by Crippen LogP contribution is 2.21. The molecule has 0 amide bonds. The summed E-state index contributed by atoms with van der Waals surface area (Å²) in [7, 11) is 0. The molecule has 0 saturated carbocycles. The Morgan fingerprint density at radius 1 is 1.62 bits per heavy atom. The molecule has 1 unspecified atom stereocenters. The normalized spacial score (nSPS) is 13.1. The number of carbonyl (C=O) groups excluding carboxylic acids is 1. The lowest BCUT2D eigenvalue weighted by Gasteiger charge is -2.14. The van der Waals surface area contributed by atoms with Crippen LogP contribution in [-0.2, 0) is 0 Å². The van der Waals surface area contributed by atoms with Crippen LogP contribution in [-0.4, -0.2) is 21.6 Å². The van der Waals surface area contributed by atoms with E-state index in [4.69, 9.17) is 5.73 Å². The van der Waals surface area contributed by atoms with Gasteiger partial charge in [0.25, 0.3) is 0 Å². The summed E-state index contributed by atoms with van der Waals surface area (Å²) in [6.45, 7) is 5.99. The van der Waals surface area contributed by atoms with Crippen molar-refractivity contribution in [1.29, 1.82) is 0 Å². The van der Waals surface area contributed by atoms with Crippen LogP contribution in [0.15, 0.2) is 10.7 Å². The summed E-state index contributed by atoms with van der Waals surface area (Å²) in [5.74, 6) is -0.0417. The van der Waals surface area contributed by atoms with Gasteiger partial charge in [0.15, 0.2) is 5.78 Å². The fraction of sp³-hybridized carbons (Fsp3) is 0.636. The fourth-order valence-electron chi connectivity index (χ4n) is 1.58. The Kier molecular flexibility index (Phi) is 4.68. The maximum Gasteiger partial charge on any atom is 0.198 e. The van der Waals surface area contributed by atoms with Crippen LogP contribution in [0.3, 0.4) is 0 Å². The Balaban J connectivity index is 3.02. The molecule has 1 atom stereocenters. The molecule has 16 heavy (non-hydrogen) atoms. The first-order chi connectivity index (χ1) is 7.49. The van der Waals surface area contributed by atoms with Gasteiger partial charge in [-0.05, 0) is 36.2 Å². The number of aromatic nitrogens is 2. The quantitative estimate of drug-likeness (QED) is 0.847. The van der Waals surface area contributed by atoms with Gasteiger partial charge in [-0.2, -0.15) is 5.10 Å². The summed E-state index contributed by atoms with van der Waals surface area (Å²) < 4.78 is 2.43. The molecule has 0 bridgehead atoms. The maximum atomic E-state index is 12.1. The molecule has 1 aromatic heterocycles. The molecular weight excluding hydrogens is 270 g/mol. The molecule has 4 nitrogen and oxygen atoms in total. The molecule has 5 heteroatoms. The van der Waals surface area contributed by atoms with E-state index >= 15 is 0 Å². The molecule has 0 fully saturated rings. The van der Waals surface area contributed by atoms with Crippen LogP contribution in [0, 0.1) is 0 Å². The fourth-order valence-corrected chi connectivity index (χ4v) is 2.05. The third-order valence-electron chi connectivity index (χ3n) is 2.41. The van der Waals surface area contributed by atoms with Gasteiger partial charge < -0.3 is 5.73 Å². The smallest absolute Gasteiger partial charge is 0.198 e. The van der Waals surface area contributed by atoms with Crippen molar-refractivity contribution in [2.45, 2.75) is 45.7 Å². The van der Waals surface area contributed by atoms with E-state index in [1.807, 2.05) is 20.8 Å². The molecular formula is C11H18BrN3O. The number of nitrogens with zero attached hydrogens (tertiary/aromatic N) is 2. The summed E-state index contributed by atoms with van der Waals surface area (Å²) in [5, 5.41) is 4.17. The van der Waals surface area contributed by atoms with E-state index in [1.165, 1.54) is 0 Å². The molecule has 1 rings (SSSR count). The van der Waals surface area contributed by atoms with Crippen LogP contribution in [0.4, 0.5) is 0 Å². The van der Waals surface area contributed by atoms with Crippen molar-refractivity contribution in [3.63, 3.8) is 0 Å². The first-order valence-electron chi connectivity index (χ1n) is 5.51. The van der Waals surface area contributed by atoms with Crippen LogP contribution in [0.25, 0.3) is 0 Å². The van der Waals surface area contributed by atoms with Crippen LogP contribution < -0.4 is 5.73 Å². The van der Waals surface area contributed by atoms with Gasteiger partial charge in [-0.1, -0.05) is 13.3 Å². The third kappa shape index (κ3) is 2.71. The highest BCUT2D eigenvalue weighted by Gasteiger charge is 2.23. The van der Waals surface area contributed by atoms with Gasteiger partial charge in [0.2, 0.25) is 0 Å². The molecule has 0 spiro atoms. The topological polar surface area (TPSA) is 60.9 Å². The first-order valence-corrected chi connectivity index (χ1v) is 6.31. The van der Waals surface area contributed by atoms with Crippen molar-refractivity contribution >= 4 is 21.7 Å². The minimum Gasteiger partial charge on any atom is -0.321 e. The van der Waals surface area contributed by atoms with E-state index in [2.05, 4.69) is 21.0 Å². The van der Waals surface area contributed by atoms with E-state index in [-0.39, 0.29) is 11.8 Å². The monoisotopic (exact) mass is 287 g/mol. The molecule has 0 aliphatic carbocycles. The Labute approximate surface area is 104 Å². The predicted octanol–water partition coefficient (Wildman–Crippen LogP) is 2.54. The molecule has 0 saturated heterocycles. The van der Waals surface area contributed by atoms with E-state index < -0.39 is 6.04 Å². The second-order valence-corrected chi connectivity index (χ2v) is 4.99. The summed E-state index contributed by atoms with van der Waals surface area (Å²) in [6, 6.07) is -0.283. The molecule has 90 valence electrons. The van der Waals surface area contributed by atoms with Crippen LogP contribution >= 0.6 is 15.9 Å². The van der Waals surface area contributed by atoms with Crippen molar-refractivity contribution in [2.75, 3.05) is 0 Å². The number of ketones is 1. The van der Waals surface area contributed by atoms with Crippen LogP contribution in [0.1, 0.15) is 50.1 Å². The van der Waals surface area contributed by atoms with Gasteiger partial charge in [-0.15, -0.1) is 0 Å². The summed E-state index contributed by atoms with van der Waals surface area (Å²) in [4.78, 5) is 12.1. The molecule has 0 aliphatic heterocycles. The van der Waals surface area contributed by atoms with Gasteiger partial charge in [-0.3, -0.25) is 9.48 Å². The summed E-state index contributed by atoms with van der Waals surface area (Å²) >= 11 is 3.35. The second kappa shape index (κ2) is 5.59. The van der Waals surface area contributed by atoms with Gasteiger partial charge in [-0.25, -0.2) is 0 Å². The average molecular weight is 288 g/mol. The number of Topliss-reactive ketones (excluding diaryl/α,β-unsaturated/α-hetero) is 1. The van der Waals surface area contributed by atoms with E-state index in [1.54, 1.807) is 10.9 Å². The van der Waals surface area contributed by atoms with Gasteiger partial charge in [0, 0.05) is 6.04 Å². The van der Waals surface area contributed by atoms with Crippen molar-refractivity contribution in [3.8, 4) is 0 Å². The molecule has 0 radical (unpaired) electrons. The number of rotatable bonds is 5. The minimum atomic E-state index is -0.435. The zero-order valence-electron chi connectivity index (χ0n) is 9.90. The van der Waals surface area contributed by atoms with Crippen LogP contribution in [0.5, 0.6) is 0 Å². The molecule has 2 N–H and O–H groups in total. The largest absolute Gasteiger partial charge is 0.321 e. The standard InChI is InChI=1S/C11H18BrN3O/c1-4-5-9(13)11(16)10-8(12)6-14-15(10)7(2)3/h6-7,9H,4-5,13H2,1-3H3. The molecule has 0 aromatic carbocycles. The molecule has 0 aliphatic rings. The Morgan fingerprint density at radius 3 is 2.75 bits per heavy atom. The predicted molar refractivity (Wildman–Crippen MR) is 67.5 cm³/mol. The zero-order valence-corrected chi connectivity index (χ0v) is 11.5. The Hall–Kier alpha value is -0.680. The van der Waals surface area contributed by atoms with E-state index in [9.17, 15) is 4.79 Å². The first kappa shape index (κ1) is 13.4. The number of halogens is 1. The third-order valence-corrected chi connectivity index (χ3v) is 2.99. The van der Waals surface area contributed by atoms with Crippen LogP contribution in [0.2, 0.25) is 0 Å². The number of hydrogen-bond donors (Lipinski definition) is 1. The lowest BCUT2D eigenvalue weighted by Crippen LogP contribution is -2.32. The highest BCUT2D eigenvalue weighted by molar-refractivity contribution is 9.10. The zero-order chi connectivity index (χ0) is 12.3. The van der Waals surface area contributed by atoms with Crippen molar-refractivity contribution in [3.05, 3.63) is 16.4 Å². The van der Waals surface area contributed by atoms with Crippen molar-refractivity contribution in [2.24, 2.45) is 5.73 Å². The molecule has 1 aromatic rings. The number of carbonyl (C=O) groups is 1. The Bertz CT molecular complexity index is 373. The Morgan fingerprint density at radius 2 is 2.25 bits per heavy atom. The SMILES string of the molecule is CCCC(N)C(=O)c1c(Br)cnn1C(C)C.